The number of allylic oxidation sites excluding steroid dienone is 1. The number of aryl methyl sites for hydroxylation is 1. The van der Waals surface area contributed by atoms with Crippen molar-refractivity contribution in [3.05, 3.63) is 132 Å². The Hall–Kier alpha value is -4.23. The summed E-state index contributed by atoms with van der Waals surface area (Å²) in [5, 5.41) is 0. The van der Waals surface area contributed by atoms with E-state index in [9.17, 15) is 9.59 Å². The van der Waals surface area contributed by atoms with Crippen LogP contribution >= 0.6 is 11.3 Å². The third-order valence-electron chi connectivity index (χ3n) is 6.34. The van der Waals surface area contributed by atoms with Crippen molar-refractivity contribution in [2.24, 2.45) is 4.99 Å². The first-order valence-electron chi connectivity index (χ1n) is 12.5. The Morgan fingerprint density at radius 2 is 1.71 bits per heavy atom. The highest BCUT2D eigenvalue weighted by atomic mass is 32.1. The third-order valence-corrected chi connectivity index (χ3v) is 7.32. The predicted octanol–water partition coefficient (Wildman–Crippen LogP) is 4.69. The summed E-state index contributed by atoms with van der Waals surface area (Å²) in [6, 6.07) is 24.9. The van der Waals surface area contributed by atoms with Crippen molar-refractivity contribution in [2.75, 3.05) is 6.61 Å². The van der Waals surface area contributed by atoms with Crippen LogP contribution in [0.1, 0.15) is 42.1 Å². The Balaban J connectivity index is 1.51. The van der Waals surface area contributed by atoms with Gasteiger partial charge in [-0.2, -0.15) is 0 Å². The maximum atomic E-state index is 13.7. The van der Waals surface area contributed by atoms with Crippen LogP contribution in [0.5, 0.6) is 5.75 Å². The minimum absolute atomic E-state index is 0.196. The monoisotopic (exact) mass is 524 g/mol. The quantitative estimate of drug-likeness (QED) is 0.329. The number of hydrogen-bond acceptors (Lipinski definition) is 6. The second-order valence-corrected chi connectivity index (χ2v) is 10.1. The molecule has 0 saturated carbocycles. The van der Waals surface area contributed by atoms with E-state index in [1.807, 2.05) is 91.9 Å². The first-order valence-corrected chi connectivity index (χ1v) is 13.3. The van der Waals surface area contributed by atoms with Crippen molar-refractivity contribution in [3.8, 4) is 5.75 Å². The Bertz CT molecular complexity index is 1670. The second-order valence-electron chi connectivity index (χ2n) is 9.06. The molecule has 38 heavy (non-hydrogen) atoms. The van der Waals surface area contributed by atoms with E-state index in [1.165, 1.54) is 11.3 Å². The summed E-state index contributed by atoms with van der Waals surface area (Å²) in [4.78, 5) is 31.9. The molecule has 1 aliphatic rings. The SMILES string of the molecule is CCOC(=O)C1=C(C)N=c2s/c(=C\c3ccc(OCc4ccccc4)cc3)c(=O)n2[C@@H]1c1ccc(C)cc1. The van der Waals surface area contributed by atoms with Crippen LogP contribution in [0.2, 0.25) is 0 Å². The predicted molar refractivity (Wildman–Crippen MR) is 149 cm³/mol. The molecule has 3 aromatic carbocycles. The van der Waals surface area contributed by atoms with E-state index in [0.29, 0.717) is 27.2 Å². The van der Waals surface area contributed by atoms with Crippen molar-refractivity contribution >= 4 is 23.4 Å². The average Bonchev–Trinajstić information content (AvgIpc) is 3.22. The van der Waals surface area contributed by atoms with Gasteiger partial charge in [-0.05, 0) is 55.7 Å². The molecule has 0 fully saturated rings. The molecule has 5 rings (SSSR count). The van der Waals surface area contributed by atoms with Gasteiger partial charge in [-0.25, -0.2) is 9.79 Å². The summed E-state index contributed by atoms with van der Waals surface area (Å²) in [7, 11) is 0. The van der Waals surface area contributed by atoms with Gasteiger partial charge in [-0.15, -0.1) is 0 Å². The maximum Gasteiger partial charge on any atom is 0.338 e. The number of nitrogens with zero attached hydrogens (tertiary/aromatic N) is 2. The number of aromatic nitrogens is 1. The summed E-state index contributed by atoms with van der Waals surface area (Å²) in [5.41, 5.74) is 4.64. The highest BCUT2D eigenvalue weighted by molar-refractivity contribution is 7.07. The van der Waals surface area contributed by atoms with Crippen LogP contribution in [0.15, 0.2) is 99.9 Å². The van der Waals surface area contributed by atoms with Crippen molar-refractivity contribution in [3.63, 3.8) is 0 Å². The van der Waals surface area contributed by atoms with Gasteiger partial charge in [0.2, 0.25) is 0 Å². The van der Waals surface area contributed by atoms with Crippen LogP contribution in [0.4, 0.5) is 0 Å². The van der Waals surface area contributed by atoms with Crippen molar-refractivity contribution in [2.45, 2.75) is 33.4 Å². The van der Waals surface area contributed by atoms with Crippen molar-refractivity contribution < 1.29 is 14.3 Å². The van der Waals surface area contributed by atoms with Crippen LogP contribution in [-0.4, -0.2) is 17.1 Å². The van der Waals surface area contributed by atoms with E-state index in [0.717, 1.165) is 28.0 Å². The largest absolute Gasteiger partial charge is 0.489 e. The molecule has 1 atom stereocenters. The number of carbonyl (C=O) groups is 1. The van der Waals surface area contributed by atoms with Gasteiger partial charge in [0.1, 0.15) is 12.4 Å². The number of rotatable bonds is 7. The summed E-state index contributed by atoms with van der Waals surface area (Å²) < 4.78 is 13.4. The Morgan fingerprint density at radius 1 is 1.00 bits per heavy atom. The molecule has 0 amide bonds. The number of fused-ring (bicyclic) bond motifs is 1. The molecule has 0 aliphatic carbocycles. The van der Waals surface area contributed by atoms with Crippen LogP contribution in [0.3, 0.4) is 0 Å². The molecule has 1 aliphatic heterocycles. The van der Waals surface area contributed by atoms with E-state index in [1.54, 1.807) is 18.4 Å². The molecule has 7 heteroatoms. The minimum atomic E-state index is -0.609. The molecule has 0 spiro atoms. The molecule has 1 aromatic heterocycles. The molecular weight excluding hydrogens is 496 g/mol. The van der Waals surface area contributed by atoms with Crippen molar-refractivity contribution in [1.82, 2.24) is 4.57 Å². The van der Waals surface area contributed by atoms with E-state index < -0.39 is 12.0 Å². The lowest BCUT2D eigenvalue weighted by Crippen LogP contribution is -2.39. The number of carbonyl (C=O) groups excluding carboxylic acids is 1. The molecular formula is C31H28N2O4S. The third kappa shape index (κ3) is 5.24. The van der Waals surface area contributed by atoms with E-state index >= 15 is 0 Å². The summed E-state index contributed by atoms with van der Waals surface area (Å²) in [6.45, 7) is 6.28. The van der Waals surface area contributed by atoms with Gasteiger partial charge in [0, 0.05) is 0 Å². The van der Waals surface area contributed by atoms with Crippen LogP contribution < -0.4 is 19.6 Å². The lowest BCUT2D eigenvalue weighted by molar-refractivity contribution is -0.139. The molecule has 2 heterocycles. The standard InChI is InChI=1S/C31H28N2O4S/c1-4-36-30(35)27-21(3)32-31-33(28(27)24-14-10-20(2)11-15-24)29(34)26(38-31)18-22-12-16-25(17-13-22)37-19-23-8-6-5-7-9-23/h5-18,28H,4,19H2,1-3H3/b26-18-/t28-/m1/s1. The number of hydrogen-bond donors (Lipinski definition) is 0. The van der Waals surface area contributed by atoms with Gasteiger partial charge in [0.25, 0.3) is 5.56 Å². The van der Waals surface area contributed by atoms with Crippen LogP contribution in [-0.2, 0) is 16.1 Å². The number of thiazole rings is 1. The van der Waals surface area contributed by atoms with Gasteiger partial charge in [0.05, 0.1) is 28.5 Å². The first-order chi connectivity index (χ1) is 18.4. The lowest BCUT2D eigenvalue weighted by Gasteiger charge is -2.24. The number of ether oxygens (including phenoxy) is 2. The Kier molecular flexibility index (Phi) is 7.38. The normalized spacial score (nSPS) is 15.1. The fourth-order valence-corrected chi connectivity index (χ4v) is 5.45. The van der Waals surface area contributed by atoms with Gasteiger partial charge in [0.15, 0.2) is 4.80 Å². The smallest absolute Gasteiger partial charge is 0.338 e. The molecule has 6 nitrogen and oxygen atoms in total. The molecule has 0 bridgehead atoms. The Labute approximate surface area is 224 Å². The second kappa shape index (κ2) is 11.0. The van der Waals surface area contributed by atoms with E-state index in [2.05, 4.69) is 4.99 Å². The molecule has 4 aromatic rings. The van der Waals surface area contributed by atoms with E-state index in [4.69, 9.17) is 9.47 Å². The van der Waals surface area contributed by atoms with Gasteiger partial charge >= 0.3 is 5.97 Å². The zero-order valence-corrected chi connectivity index (χ0v) is 22.3. The zero-order valence-electron chi connectivity index (χ0n) is 21.5. The highest BCUT2D eigenvalue weighted by Gasteiger charge is 2.33. The first kappa shape index (κ1) is 25.4. The minimum Gasteiger partial charge on any atom is -0.489 e. The molecule has 0 N–H and O–H groups in total. The van der Waals surface area contributed by atoms with Gasteiger partial charge in [-0.3, -0.25) is 9.36 Å². The topological polar surface area (TPSA) is 69.9 Å². The fraction of sp³-hybridized carbons (Fsp3) is 0.194. The summed E-state index contributed by atoms with van der Waals surface area (Å²) in [5.74, 6) is 0.293. The zero-order chi connectivity index (χ0) is 26.6. The fourth-order valence-electron chi connectivity index (χ4n) is 4.41. The molecule has 0 unspecified atom stereocenters. The van der Waals surface area contributed by atoms with E-state index in [-0.39, 0.29) is 12.2 Å². The van der Waals surface area contributed by atoms with Crippen LogP contribution in [0.25, 0.3) is 6.08 Å². The average molecular weight is 525 g/mol. The number of benzene rings is 3. The summed E-state index contributed by atoms with van der Waals surface area (Å²) in [6.07, 6.45) is 1.85. The molecule has 0 saturated heterocycles. The van der Waals surface area contributed by atoms with Crippen molar-refractivity contribution in [1.29, 1.82) is 0 Å². The molecule has 0 radical (unpaired) electrons. The van der Waals surface area contributed by atoms with Crippen LogP contribution in [0, 0.1) is 6.92 Å². The van der Waals surface area contributed by atoms with Gasteiger partial charge in [-0.1, -0.05) is 83.6 Å². The maximum absolute atomic E-state index is 13.7. The Morgan fingerprint density at radius 3 is 2.39 bits per heavy atom. The molecule has 192 valence electrons. The highest BCUT2D eigenvalue weighted by Crippen LogP contribution is 2.30. The number of esters is 1. The lowest BCUT2D eigenvalue weighted by atomic mass is 9.95. The van der Waals surface area contributed by atoms with Gasteiger partial charge < -0.3 is 9.47 Å². The summed E-state index contributed by atoms with van der Waals surface area (Å²) >= 11 is 1.31.